The maximum absolute atomic E-state index is 12.6. The van der Waals surface area contributed by atoms with Crippen molar-refractivity contribution in [3.63, 3.8) is 0 Å². The van der Waals surface area contributed by atoms with Gasteiger partial charge in [0.2, 0.25) is 5.91 Å². The Kier molecular flexibility index (Phi) is 4.25. The van der Waals surface area contributed by atoms with Crippen molar-refractivity contribution in [1.29, 1.82) is 0 Å². The van der Waals surface area contributed by atoms with Crippen LogP contribution < -0.4 is 0 Å². The Morgan fingerprint density at radius 3 is 2.90 bits per heavy atom. The highest BCUT2D eigenvalue weighted by Gasteiger charge is 2.30. The molecule has 0 bridgehead atoms. The maximum Gasteiger partial charge on any atom is 0.225 e. The SMILES string of the molecule is O=C(C1CCOCC1)N1CCC[C@H](c2ccncn2)C1. The Labute approximate surface area is 119 Å². The van der Waals surface area contributed by atoms with Crippen LogP contribution in [-0.4, -0.2) is 47.1 Å². The third-order valence-electron chi connectivity index (χ3n) is 4.33. The first-order valence-corrected chi connectivity index (χ1v) is 7.47. The predicted molar refractivity (Wildman–Crippen MR) is 74.1 cm³/mol. The van der Waals surface area contributed by atoms with Crippen LogP contribution in [0.5, 0.6) is 0 Å². The molecule has 1 aromatic heterocycles. The molecule has 3 rings (SSSR count). The van der Waals surface area contributed by atoms with E-state index in [-0.39, 0.29) is 5.92 Å². The van der Waals surface area contributed by atoms with Crippen molar-refractivity contribution >= 4 is 5.91 Å². The summed E-state index contributed by atoms with van der Waals surface area (Å²) in [6.07, 6.45) is 7.27. The average molecular weight is 275 g/mol. The second-order valence-corrected chi connectivity index (χ2v) is 5.64. The summed E-state index contributed by atoms with van der Waals surface area (Å²) in [7, 11) is 0. The predicted octanol–water partition coefficient (Wildman–Crippen LogP) is 1.61. The topological polar surface area (TPSA) is 55.3 Å². The van der Waals surface area contributed by atoms with Gasteiger partial charge in [-0.25, -0.2) is 9.97 Å². The maximum atomic E-state index is 12.6. The summed E-state index contributed by atoms with van der Waals surface area (Å²) in [5.41, 5.74) is 1.06. The monoisotopic (exact) mass is 275 g/mol. The number of piperidine rings is 1. The normalized spacial score (nSPS) is 24.6. The molecule has 108 valence electrons. The number of aromatic nitrogens is 2. The molecule has 1 aromatic rings. The molecule has 0 N–H and O–H groups in total. The minimum absolute atomic E-state index is 0.160. The van der Waals surface area contributed by atoms with Gasteiger partial charge in [0.05, 0.1) is 0 Å². The number of ether oxygens (including phenoxy) is 1. The van der Waals surface area contributed by atoms with Gasteiger partial charge in [-0.15, -0.1) is 0 Å². The van der Waals surface area contributed by atoms with Crippen LogP contribution in [0.3, 0.4) is 0 Å². The van der Waals surface area contributed by atoms with Crippen molar-refractivity contribution in [3.05, 3.63) is 24.3 Å². The fraction of sp³-hybridized carbons (Fsp3) is 0.667. The van der Waals surface area contributed by atoms with Crippen molar-refractivity contribution in [2.24, 2.45) is 5.92 Å². The molecule has 2 aliphatic heterocycles. The number of likely N-dealkylation sites (tertiary alicyclic amines) is 1. The summed E-state index contributed by atoms with van der Waals surface area (Å²) in [6, 6.07) is 1.97. The second-order valence-electron chi connectivity index (χ2n) is 5.64. The molecule has 2 saturated heterocycles. The molecule has 0 spiro atoms. The minimum atomic E-state index is 0.160. The van der Waals surface area contributed by atoms with Crippen LogP contribution in [0.15, 0.2) is 18.6 Å². The number of amides is 1. The molecule has 1 amide bonds. The van der Waals surface area contributed by atoms with Crippen molar-refractivity contribution in [2.75, 3.05) is 26.3 Å². The standard InChI is InChI=1S/C15H21N3O2/c19-15(12-4-8-20-9-5-12)18-7-1-2-13(10-18)14-3-6-16-11-17-14/h3,6,11-13H,1-2,4-5,7-10H2/t13-/m0/s1. The number of hydrogen-bond donors (Lipinski definition) is 0. The summed E-state index contributed by atoms with van der Waals surface area (Å²) in [6.45, 7) is 3.13. The van der Waals surface area contributed by atoms with Gasteiger partial charge in [0.25, 0.3) is 0 Å². The zero-order valence-electron chi connectivity index (χ0n) is 11.7. The van der Waals surface area contributed by atoms with Gasteiger partial charge in [0.15, 0.2) is 0 Å². The molecule has 3 heterocycles. The molecule has 0 aliphatic carbocycles. The van der Waals surface area contributed by atoms with Crippen LogP contribution in [0.2, 0.25) is 0 Å². The van der Waals surface area contributed by atoms with Crippen LogP contribution >= 0.6 is 0 Å². The number of rotatable bonds is 2. The third kappa shape index (κ3) is 2.98. The van der Waals surface area contributed by atoms with E-state index in [1.807, 2.05) is 11.0 Å². The smallest absolute Gasteiger partial charge is 0.225 e. The molecule has 2 aliphatic rings. The summed E-state index contributed by atoms with van der Waals surface area (Å²) < 4.78 is 5.34. The minimum Gasteiger partial charge on any atom is -0.381 e. The van der Waals surface area contributed by atoms with Gasteiger partial charge in [0.1, 0.15) is 6.33 Å². The molecule has 5 nitrogen and oxygen atoms in total. The molecular weight excluding hydrogens is 254 g/mol. The molecule has 0 saturated carbocycles. The Balaban J connectivity index is 1.64. The van der Waals surface area contributed by atoms with Gasteiger partial charge < -0.3 is 9.64 Å². The Bertz CT molecular complexity index is 446. The Morgan fingerprint density at radius 2 is 2.15 bits per heavy atom. The highest BCUT2D eigenvalue weighted by Crippen LogP contribution is 2.27. The number of carbonyl (C=O) groups is 1. The van der Waals surface area contributed by atoms with E-state index in [0.29, 0.717) is 11.8 Å². The lowest BCUT2D eigenvalue weighted by atomic mass is 9.92. The fourth-order valence-electron chi connectivity index (χ4n) is 3.16. The summed E-state index contributed by atoms with van der Waals surface area (Å²) in [5.74, 6) is 0.829. The van der Waals surface area contributed by atoms with E-state index in [0.717, 1.165) is 57.7 Å². The molecule has 1 atom stereocenters. The Hall–Kier alpha value is -1.49. The van der Waals surface area contributed by atoms with Crippen molar-refractivity contribution in [1.82, 2.24) is 14.9 Å². The highest BCUT2D eigenvalue weighted by atomic mass is 16.5. The van der Waals surface area contributed by atoms with Crippen molar-refractivity contribution < 1.29 is 9.53 Å². The first-order chi connectivity index (χ1) is 9.84. The van der Waals surface area contributed by atoms with Gasteiger partial charge in [-0.1, -0.05) is 0 Å². The lowest BCUT2D eigenvalue weighted by molar-refractivity contribution is -0.139. The number of nitrogens with zero attached hydrogens (tertiary/aromatic N) is 3. The molecule has 0 radical (unpaired) electrons. The van der Waals surface area contributed by atoms with Crippen LogP contribution in [-0.2, 0) is 9.53 Å². The first kappa shape index (κ1) is 13.5. The fourth-order valence-corrected chi connectivity index (χ4v) is 3.16. The van der Waals surface area contributed by atoms with Gasteiger partial charge >= 0.3 is 0 Å². The third-order valence-corrected chi connectivity index (χ3v) is 4.33. The van der Waals surface area contributed by atoms with E-state index < -0.39 is 0 Å². The average Bonchev–Trinajstić information content (AvgIpc) is 2.56. The van der Waals surface area contributed by atoms with E-state index in [1.54, 1.807) is 12.5 Å². The molecule has 0 aromatic carbocycles. The largest absolute Gasteiger partial charge is 0.381 e. The van der Waals surface area contributed by atoms with Gasteiger partial charge in [0, 0.05) is 50.0 Å². The van der Waals surface area contributed by atoms with E-state index >= 15 is 0 Å². The summed E-state index contributed by atoms with van der Waals surface area (Å²) >= 11 is 0. The highest BCUT2D eigenvalue weighted by molar-refractivity contribution is 5.79. The first-order valence-electron chi connectivity index (χ1n) is 7.47. The zero-order valence-corrected chi connectivity index (χ0v) is 11.7. The summed E-state index contributed by atoms with van der Waals surface area (Å²) in [4.78, 5) is 22.9. The van der Waals surface area contributed by atoms with E-state index in [2.05, 4.69) is 9.97 Å². The van der Waals surface area contributed by atoms with E-state index in [9.17, 15) is 4.79 Å². The lowest BCUT2D eigenvalue weighted by Crippen LogP contribution is -2.43. The lowest BCUT2D eigenvalue weighted by Gasteiger charge is -2.35. The molecule has 20 heavy (non-hydrogen) atoms. The molecule has 0 unspecified atom stereocenters. The van der Waals surface area contributed by atoms with Crippen LogP contribution in [0.4, 0.5) is 0 Å². The van der Waals surface area contributed by atoms with E-state index in [1.165, 1.54) is 0 Å². The van der Waals surface area contributed by atoms with Crippen LogP contribution in [0, 0.1) is 5.92 Å². The van der Waals surface area contributed by atoms with E-state index in [4.69, 9.17) is 4.74 Å². The van der Waals surface area contributed by atoms with Crippen molar-refractivity contribution in [2.45, 2.75) is 31.6 Å². The van der Waals surface area contributed by atoms with Gasteiger partial charge in [-0.2, -0.15) is 0 Å². The van der Waals surface area contributed by atoms with Gasteiger partial charge in [-0.05, 0) is 31.7 Å². The second kappa shape index (κ2) is 6.31. The Morgan fingerprint density at radius 1 is 1.30 bits per heavy atom. The number of hydrogen-bond acceptors (Lipinski definition) is 4. The molecular formula is C15H21N3O2. The quantitative estimate of drug-likeness (QED) is 0.823. The summed E-state index contributed by atoms with van der Waals surface area (Å²) in [5, 5.41) is 0. The van der Waals surface area contributed by atoms with Gasteiger partial charge in [-0.3, -0.25) is 4.79 Å². The van der Waals surface area contributed by atoms with Crippen LogP contribution in [0.1, 0.15) is 37.3 Å². The number of carbonyl (C=O) groups excluding carboxylic acids is 1. The molecule has 5 heteroatoms. The zero-order chi connectivity index (χ0) is 13.8. The van der Waals surface area contributed by atoms with Crippen molar-refractivity contribution in [3.8, 4) is 0 Å². The van der Waals surface area contributed by atoms with Crippen LogP contribution in [0.25, 0.3) is 0 Å². The molecule has 2 fully saturated rings.